The molecule has 0 aliphatic carbocycles. The summed E-state index contributed by atoms with van der Waals surface area (Å²) in [4.78, 5) is 15.1. The summed E-state index contributed by atoms with van der Waals surface area (Å²) in [5, 5.41) is 1.94. The summed E-state index contributed by atoms with van der Waals surface area (Å²) in [5.74, 6) is 0.131. The lowest BCUT2D eigenvalue weighted by Crippen LogP contribution is -2.42. The molecule has 0 N–H and O–H groups in total. The molecular formula is C17H18BrNO2S. The van der Waals surface area contributed by atoms with Crippen LogP contribution in [0.25, 0.3) is 0 Å². The van der Waals surface area contributed by atoms with Crippen molar-refractivity contribution in [2.24, 2.45) is 0 Å². The van der Waals surface area contributed by atoms with Gasteiger partial charge in [0.1, 0.15) is 0 Å². The highest BCUT2D eigenvalue weighted by molar-refractivity contribution is 9.10. The third kappa shape index (κ3) is 3.97. The molecule has 1 fully saturated rings. The lowest BCUT2D eigenvalue weighted by atomic mass is 10.1. The van der Waals surface area contributed by atoms with E-state index in [4.69, 9.17) is 4.74 Å². The molecule has 1 saturated heterocycles. The molecule has 0 radical (unpaired) electrons. The van der Waals surface area contributed by atoms with Gasteiger partial charge in [0, 0.05) is 17.6 Å². The van der Waals surface area contributed by atoms with E-state index in [1.807, 2.05) is 34.5 Å². The first-order valence-electron chi connectivity index (χ1n) is 7.41. The maximum absolute atomic E-state index is 12.4. The number of carbonyl (C=O) groups is 1. The Labute approximate surface area is 143 Å². The van der Waals surface area contributed by atoms with Crippen LogP contribution in [0.4, 0.5) is 0 Å². The molecule has 3 rings (SSSR count). The van der Waals surface area contributed by atoms with Crippen molar-refractivity contribution in [1.82, 2.24) is 4.90 Å². The Balaban J connectivity index is 1.54. The molecule has 2 aromatic rings. The van der Waals surface area contributed by atoms with Crippen molar-refractivity contribution in [1.29, 1.82) is 0 Å². The van der Waals surface area contributed by atoms with Crippen molar-refractivity contribution >= 4 is 33.2 Å². The van der Waals surface area contributed by atoms with Crippen molar-refractivity contribution in [3.8, 4) is 0 Å². The van der Waals surface area contributed by atoms with Crippen molar-refractivity contribution in [2.75, 3.05) is 13.1 Å². The molecule has 116 valence electrons. The molecule has 1 aromatic heterocycles. The van der Waals surface area contributed by atoms with Crippen LogP contribution in [0.1, 0.15) is 28.1 Å². The van der Waals surface area contributed by atoms with Crippen LogP contribution in [0, 0.1) is 0 Å². The second-order valence-electron chi connectivity index (χ2n) is 5.43. The number of ether oxygens (including phenoxy) is 1. The summed E-state index contributed by atoms with van der Waals surface area (Å²) in [5.41, 5.74) is 1.16. The summed E-state index contributed by atoms with van der Waals surface area (Å²) >= 11 is 4.93. The van der Waals surface area contributed by atoms with Gasteiger partial charge >= 0.3 is 0 Å². The molecule has 2 heterocycles. The van der Waals surface area contributed by atoms with Crippen LogP contribution in [0.15, 0.2) is 46.3 Å². The number of nitrogens with zero attached hydrogens (tertiary/aromatic N) is 1. The van der Waals surface area contributed by atoms with Crippen LogP contribution >= 0.6 is 27.3 Å². The van der Waals surface area contributed by atoms with E-state index < -0.39 is 0 Å². The maximum Gasteiger partial charge on any atom is 0.264 e. The normalized spacial score (nSPS) is 18.4. The lowest BCUT2D eigenvalue weighted by molar-refractivity contribution is -0.00659. The maximum atomic E-state index is 12.4. The van der Waals surface area contributed by atoms with Crippen LogP contribution in [-0.4, -0.2) is 30.0 Å². The molecule has 1 aliphatic heterocycles. The average Bonchev–Trinajstić information content (AvgIpc) is 3.08. The van der Waals surface area contributed by atoms with Crippen LogP contribution in [0.5, 0.6) is 0 Å². The Kier molecular flexibility index (Phi) is 5.28. The van der Waals surface area contributed by atoms with E-state index in [-0.39, 0.29) is 12.0 Å². The van der Waals surface area contributed by atoms with E-state index in [1.165, 1.54) is 11.3 Å². The van der Waals surface area contributed by atoms with Gasteiger partial charge < -0.3 is 9.64 Å². The van der Waals surface area contributed by atoms with Crippen molar-refractivity contribution in [3.63, 3.8) is 0 Å². The SMILES string of the molecule is O=C(c1cccs1)N1CCCC(OCc2ccc(Br)cc2)C1. The van der Waals surface area contributed by atoms with Gasteiger partial charge in [-0.1, -0.05) is 34.1 Å². The van der Waals surface area contributed by atoms with E-state index in [0.29, 0.717) is 13.2 Å². The number of hydrogen-bond donors (Lipinski definition) is 0. The van der Waals surface area contributed by atoms with Crippen LogP contribution in [-0.2, 0) is 11.3 Å². The number of rotatable bonds is 4. The number of hydrogen-bond acceptors (Lipinski definition) is 3. The third-order valence-corrected chi connectivity index (χ3v) is 5.18. The largest absolute Gasteiger partial charge is 0.372 e. The summed E-state index contributed by atoms with van der Waals surface area (Å²) in [6.07, 6.45) is 2.15. The lowest BCUT2D eigenvalue weighted by Gasteiger charge is -2.32. The number of amides is 1. The van der Waals surface area contributed by atoms with Gasteiger partial charge in [0.25, 0.3) is 5.91 Å². The fourth-order valence-electron chi connectivity index (χ4n) is 2.61. The van der Waals surface area contributed by atoms with Crippen LogP contribution in [0.3, 0.4) is 0 Å². The average molecular weight is 380 g/mol. The summed E-state index contributed by atoms with van der Waals surface area (Å²) < 4.78 is 7.07. The van der Waals surface area contributed by atoms with E-state index in [2.05, 4.69) is 28.1 Å². The fourth-order valence-corrected chi connectivity index (χ4v) is 3.56. The summed E-state index contributed by atoms with van der Waals surface area (Å²) in [7, 11) is 0. The molecule has 1 atom stereocenters. The van der Waals surface area contributed by atoms with Gasteiger partial charge in [-0.3, -0.25) is 4.79 Å². The number of piperidine rings is 1. The standard InChI is InChI=1S/C17H18BrNO2S/c18-14-7-5-13(6-8-14)12-21-15-3-1-9-19(11-15)17(20)16-4-2-10-22-16/h2,4-8,10,15H,1,3,9,11-12H2. The van der Waals surface area contributed by atoms with Crippen LogP contribution < -0.4 is 0 Å². The molecule has 0 spiro atoms. The number of halogens is 1. The zero-order valence-electron chi connectivity index (χ0n) is 12.2. The Bertz CT molecular complexity index is 612. The third-order valence-electron chi connectivity index (χ3n) is 3.80. The zero-order chi connectivity index (χ0) is 15.4. The van der Waals surface area contributed by atoms with Gasteiger partial charge in [-0.15, -0.1) is 11.3 Å². The van der Waals surface area contributed by atoms with Crippen LogP contribution in [0.2, 0.25) is 0 Å². The summed E-state index contributed by atoms with van der Waals surface area (Å²) in [6, 6.07) is 12.0. The van der Waals surface area contributed by atoms with Crippen molar-refractivity contribution < 1.29 is 9.53 Å². The number of thiophene rings is 1. The minimum atomic E-state index is 0.126. The monoisotopic (exact) mass is 379 g/mol. The molecule has 1 aliphatic rings. The summed E-state index contributed by atoms with van der Waals surface area (Å²) in [6.45, 7) is 2.11. The molecular weight excluding hydrogens is 362 g/mol. The molecule has 1 unspecified atom stereocenters. The highest BCUT2D eigenvalue weighted by Gasteiger charge is 2.25. The van der Waals surface area contributed by atoms with Gasteiger partial charge in [0.2, 0.25) is 0 Å². The minimum Gasteiger partial charge on any atom is -0.372 e. The molecule has 3 nitrogen and oxygen atoms in total. The van der Waals surface area contributed by atoms with E-state index in [1.54, 1.807) is 0 Å². The predicted molar refractivity (Wildman–Crippen MR) is 92.2 cm³/mol. The van der Waals surface area contributed by atoms with E-state index in [0.717, 1.165) is 34.3 Å². The van der Waals surface area contributed by atoms with Crippen molar-refractivity contribution in [2.45, 2.75) is 25.6 Å². The molecule has 1 aromatic carbocycles. The molecule has 22 heavy (non-hydrogen) atoms. The first-order valence-corrected chi connectivity index (χ1v) is 9.08. The predicted octanol–water partition coefficient (Wildman–Crippen LogP) is 4.33. The molecule has 0 saturated carbocycles. The van der Waals surface area contributed by atoms with Crippen molar-refractivity contribution in [3.05, 3.63) is 56.7 Å². The zero-order valence-corrected chi connectivity index (χ0v) is 14.6. The molecule has 1 amide bonds. The Morgan fingerprint density at radius 2 is 2.14 bits per heavy atom. The topological polar surface area (TPSA) is 29.5 Å². The Hall–Kier alpha value is -1.17. The van der Waals surface area contributed by atoms with Gasteiger partial charge in [-0.05, 0) is 42.0 Å². The smallest absolute Gasteiger partial charge is 0.264 e. The Morgan fingerprint density at radius 3 is 2.86 bits per heavy atom. The highest BCUT2D eigenvalue weighted by Crippen LogP contribution is 2.20. The first kappa shape index (κ1) is 15.7. The number of benzene rings is 1. The van der Waals surface area contributed by atoms with E-state index in [9.17, 15) is 4.79 Å². The van der Waals surface area contributed by atoms with Gasteiger partial charge in [-0.2, -0.15) is 0 Å². The van der Waals surface area contributed by atoms with Gasteiger partial charge in [0.05, 0.1) is 17.6 Å². The Morgan fingerprint density at radius 1 is 1.32 bits per heavy atom. The number of likely N-dealkylation sites (tertiary alicyclic amines) is 1. The molecule has 5 heteroatoms. The second-order valence-corrected chi connectivity index (χ2v) is 7.29. The number of carbonyl (C=O) groups excluding carboxylic acids is 1. The quantitative estimate of drug-likeness (QED) is 0.790. The van der Waals surface area contributed by atoms with Gasteiger partial charge in [0.15, 0.2) is 0 Å². The second kappa shape index (κ2) is 7.40. The molecule has 0 bridgehead atoms. The van der Waals surface area contributed by atoms with Gasteiger partial charge in [-0.25, -0.2) is 0 Å². The highest BCUT2D eigenvalue weighted by atomic mass is 79.9. The first-order chi connectivity index (χ1) is 10.7. The minimum absolute atomic E-state index is 0.126. The van der Waals surface area contributed by atoms with E-state index >= 15 is 0 Å². The fraction of sp³-hybridized carbons (Fsp3) is 0.353.